The standard InChI is InChI=1S/C24H26BrNO4S/c1-18-8-11-23(12-9-18)31(28,29)26(16-20-15-22(30-2)10-13-24(20)25)21(17-27)14-19-6-4-3-5-7-19/h3-13,15,21,27H,14,16-17H2,1-2H3/t21-/m0/s1. The van der Waals surface area contributed by atoms with Crippen molar-refractivity contribution in [3.8, 4) is 5.75 Å². The van der Waals surface area contributed by atoms with Gasteiger partial charge >= 0.3 is 0 Å². The second-order valence-corrected chi connectivity index (χ2v) is 10.1. The minimum Gasteiger partial charge on any atom is -0.497 e. The zero-order valence-corrected chi connectivity index (χ0v) is 19.9. The molecule has 0 fully saturated rings. The van der Waals surface area contributed by atoms with E-state index in [1.807, 2.05) is 43.3 Å². The number of aliphatic hydroxyl groups is 1. The summed E-state index contributed by atoms with van der Waals surface area (Å²) < 4.78 is 34.8. The van der Waals surface area contributed by atoms with Crippen LogP contribution in [-0.2, 0) is 23.0 Å². The molecule has 0 aliphatic carbocycles. The first-order valence-electron chi connectivity index (χ1n) is 9.91. The van der Waals surface area contributed by atoms with E-state index in [9.17, 15) is 13.5 Å². The molecule has 0 unspecified atom stereocenters. The molecule has 0 bridgehead atoms. The molecule has 0 saturated heterocycles. The quantitative estimate of drug-likeness (QED) is 0.464. The number of hydrogen-bond donors (Lipinski definition) is 1. The Bertz CT molecular complexity index is 1100. The first kappa shape index (κ1) is 23.5. The van der Waals surface area contributed by atoms with E-state index < -0.39 is 16.1 Å². The molecular formula is C24H26BrNO4S. The van der Waals surface area contributed by atoms with E-state index in [2.05, 4.69) is 15.9 Å². The summed E-state index contributed by atoms with van der Waals surface area (Å²) >= 11 is 3.52. The van der Waals surface area contributed by atoms with Crippen molar-refractivity contribution in [2.24, 2.45) is 0 Å². The smallest absolute Gasteiger partial charge is 0.243 e. The maximum atomic E-state index is 13.7. The van der Waals surface area contributed by atoms with Gasteiger partial charge in [0.15, 0.2) is 0 Å². The van der Waals surface area contributed by atoms with Crippen LogP contribution in [0.15, 0.2) is 82.2 Å². The highest BCUT2D eigenvalue weighted by Gasteiger charge is 2.32. The van der Waals surface area contributed by atoms with E-state index in [-0.39, 0.29) is 18.0 Å². The molecule has 3 aromatic rings. The summed E-state index contributed by atoms with van der Waals surface area (Å²) in [7, 11) is -2.30. The van der Waals surface area contributed by atoms with Crippen molar-refractivity contribution < 1.29 is 18.3 Å². The predicted molar refractivity (Wildman–Crippen MR) is 126 cm³/mol. The molecule has 0 radical (unpaired) electrons. The van der Waals surface area contributed by atoms with E-state index in [1.165, 1.54) is 4.31 Å². The summed E-state index contributed by atoms with van der Waals surface area (Å²) in [6, 6.07) is 21.1. The van der Waals surface area contributed by atoms with E-state index >= 15 is 0 Å². The number of rotatable bonds is 9. The molecule has 0 aliphatic heterocycles. The summed E-state index contributed by atoms with van der Waals surface area (Å²) in [5, 5.41) is 10.2. The maximum Gasteiger partial charge on any atom is 0.243 e. The van der Waals surface area contributed by atoms with Crippen LogP contribution in [0.1, 0.15) is 16.7 Å². The maximum absolute atomic E-state index is 13.7. The van der Waals surface area contributed by atoms with Gasteiger partial charge in [0.2, 0.25) is 10.0 Å². The molecule has 5 nitrogen and oxygen atoms in total. The Morgan fingerprint density at radius 2 is 1.71 bits per heavy atom. The van der Waals surface area contributed by atoms with Crippen molar-refractivity contribution in [1.29, 1.82) is 0 Å². The average Bonchev–Trinajstić information content (AvgIpc) is 2.78. The average molecular weight is 504 g/mol. The molecule has 1 N–H and O–H groups in total. The molecular weight excluding hydrogens is 478 g/mol. The Hall–Kier alpha value is -2.19. The van der Waals surface area contributed by atoms with Crippen LogP contribution >= 0.6 is 15.9 Å². The SMILES string of the molecule is COc1ccc(Br)c(CN([C@H](CO)Cc2ccccc2)S(=O)(=O)c2ccc(C)cc2)c1. The van der Waals surface area contributed by atoms with Crippen LogP contribution in [0.2, 0.25) is 0 Å². The topological polar surface area (TPSA) is 66.8 Å². The summed E-state index contributed by atoms with van der Waals surface area (Å²) in [5.41, 5.74) is 2.68. The predicted octanol–water partition coefficient (Wildman–Crippen LogP) is 4.56. The molecule has 3 rings (SSSR count). The molecule has 0 saturated carbocycles. The molecule has 164 valence electrons. The normalized spacial score (nSPS) is 12.7. The van der Waals surface area contributed by atoms with Gasteiger partial charge in [0.1, 0.15) is 5.75 Å². The van der Waals surface area contributed by atoms with Crippen LogP contribution in [0, 0.1) is 6.92 Å². The van der Waals surface area contributed by atoms with E-state index in [0.717, 1.165) is 21.2 Å². The van der Waals surface area contributed by atoms with Crippen LogP contribution in [0.25, 0.3) is 0 Å². The number of benzene rings is 3. The third kappa shape index (κ3) is 5.74. The number of aryl methyl sites for hydroxylation is 1. The van der Waals surface area contributed by atoms with Gasteiger partial charge in [-0.3, -0.25) is 0 Å². The first-order valence-corrected chi connectivity index (χ1v) is 12.1. The fraction of sp³-hybridized carbons (Fsp3) is 0.250. The Morgan fingerprint density at radius 1 is 1.03 bits per heavy atom. The zero-order valence-electron chi connectivity index (χ0n) is 17.5. The second kappa shape index (κ2) is 10.4. The summed E-state index contributed by atoms with van der Waals surface area (Å²) in [6.45, 7) is 1.70. The largest absolute Gasteiger partial charge is 0.497 e. The lowest BCUT2D eigenvalue weighted by molar-refractivity contribution is 0.182. The molecule has 0 amide bonds. The highest BCUT2D eigenvalue weighted by molar-refractivity contribution is 9.10. The Morgan fingerprint density at radius 3 is 2.32 bits per heavy atom. The van der Waals surface area contributed by atoms with Crippen LogP contribution in [0.5, 0.6) is 5.75 Å². The van der Waals surface area contributed by atoms with Gasteiger partial charge < -0.3 is 9.84 Å². The van der Waals surface area contributed by atoms with Crippen LogP contribution < -0.4 is 4.74 Å². The summed E-state index contributed by atoms with van der Waals surface area (Å²) in [4.78, 5) is 0.198. The molecule has 0 aromatic heterocycles. The van der Waals surface area contributed by atoms with Gasteiger partial charge in [0, 0.05) is 11.0 Å². The van der Waals surface area contributed by atoms with Gasteiger partial charge in [0.25, 0.3) is 0 Å². The highest BCUT2D eigenvalue weighted by atomic mass is 79.9. The van der Waals surface area contributed by atoms with Gasteiger partial charge in [0.05, 0.1) is 24.7 Å². The van der Waals surface area contributed by atoms with Gasteiger partial charge in [-0.2, -0.15) is 4.31 Å². The Kier molecular flexibility index (Phi) is 7.89. The van der Waals surface area contributed by atoms with Crippen molar-refractivity contribution in [2.45, 2.75) is 30.8 Å². The number of methoxy groups -OCH3 is 1. The molecule has 1 atom stereocenters. The number of ether oxygens (including phenoxy) is 1. The lowest BCUT2D eigenvalue weighted by atomic mass is 10.1. The molecule has 7 heteroatoms. The number of nitrogens with zero attached hydrogens (tertiary/aromatic N) is 1. The molecule has 0 spiro atoms. The fourth-order valence-corrected chi connectivity index (χ4v) is 5.33. The lowest BCUT2D eigenvalue weighted by Gasteiger charge is -2.30. The van der Waals surface area contributed by atoms with Gasteiger partial charge in [-0.05, 0) is 54.8 Å². The fourth-order valence-electron chi connectivity index (χ4n) is 3.37. The Labute approximate surface area is 192 Å². The minimum absolute atomic E-state index is 0.0893. The number of sulfonamides is 1. The van der Waals surface area contributed by atoms with Gasteiger partial charge in [-0.15, -0.1) is 0 Å². The van der Waals surface area contributed by atoms with Crippen molar-refractivity contribution in [1.82, 2.24) is 4.31 Å². The molecule has 0 aliphatic rings. The van der Waals surface area contributed by atoms with Crippen LogP contribution in [0.3, 0.4) is 0 Å². The summed E-state index contributed by atoms with van der Waals surface area (Å²) in [6.07, 6.45) is 0.393. The van der Waals surface area contributed by atoms with Crippen molar-refractivity contribution in [3.05, 3.63) is 94.0 Å². The zero-order chi connectivity index (χ0) is 22.4. The van der Waals surface area contributed by atoms with E-state index in [1.54, 1.807) is 43.5 Å². The van der Waals surface area contributed by atoms with E-state index in [0.29, 0.717) is 12.2 Å². The van der Waals surface area contributed by atoms with Crippen LogP contribution in [0.4, 0.5) is 0 Å². The van der Waals surface area contributed by atoms with Gasteiger partial charge in [-0.1, -0.05) is 64.0 Å². The van der Waals surface area contributed by atoms with Gasteiger partial charge in [-0.25, -0.2) is 8.42 Å². The first-order chi connectivity index (χ1) is 14.8. The number of hydrogen-bond acceptors (Lipinski definition) is 4. The summed E-state index contributed by atoms with van der Waals surface area (Å²) in [5.74, 6) is 0.634. The Balaban J connectivity index is 2.05. The van der Waals surface area contributed by atoms with Crippen molar-refractivity contribution in [3.63, 3.8) is 0 Å². The number of halogens is 1. The van der Waals surface area contributed by atoms with Crippen molar-refractivity contribution in [2.75, 3.05) is 13.7 Å². The molecule has 0 heterocycles. The molecule has 31 heavy (non-hydrogen) atoms. The minimum atomic E-state index is -3.87. The van der Waals surface area contributed by atoms with Crippen LogP contribution in [-0.4, -0.2) is 37.6 Å². The van der Waals surface area contributed by atoms with Crippen molar-refractivity contribution >= 4 is 26.0 Å². The van der Waals surface area contributed by atoms with E-state index in [4.69, 9.17) is 4.74 Å². The number of aliphatic hydroxyl groups excluding tert-OH is 1. The lowest BCUT2D eigenvalue weighted by Crippen LogP contribution is -2.43. The third-order valence-corrected chi connectivity index (χ3v) is 7.83. The second-order valence-electron chi connectivity index (χ2n) is 7.35. The molecule has 3 aromatic carbocycles. The highest BCUT2D eigenvalue weighted by Crippen LogP contribution is 2.28. The monoisotopic (exact) mass is 503 g/mol. The third-order valence-electron chi connectivity index (χ3n) is 5.14.